The van der Waals surface area contributed by atoms with Crippen LogP contribution in [0, 0.1) is 23.7 Å². The van der Waals surface area contributed by atoms with Gasteiger partial charge in [0.2, 0.25) is 5.91 Å². The van der Waals surface area contributed by atoms with Crippen molar-refractivity contribution in [2.75, 3.05) is 13.6 Å². The third kappa shape index (κ3) is 2.62. The first-order valence-corrected chi connectivity index (χ1v) is 6.94. The first kappa shape index (κ1) is 12.8. The molecule has 1 amide bonds. The molecule has 2 aliphatic rings. The number of carbonyl (C=O) groups excluding carboxylic acids is 1. The lowest BCUT2D eigenvalue weighted by Gasteiger charge is -2.28. The average Bonchev–Trinajstić information content (AvgIpc) is 2.88. The fourth-order valence-electron chi connectivity index (χ4n) is 3.49. The molecule has 0 aromatic carbocycles. The lowest BCUT2D eigenvalue weighted by molar-refractivity contribution is -0.132. The second kappa shape index (κ2) is 4.92. The molecule has 0 saturated heterocycles. The van der Waals surface area contributed by atoms with Crippen molar-refractivity contribution in [3.63, 3.8) is 0 Å². The summed E-state index contributed by atoms with van der Waals surface area (Å²) in [5, 5.41) is 0. The molecule has 3 nitrogen and oxygen atoms in total. The van der Waals surface area contributed by atoms with E-state index in [1.165, 1.54) is 25.7 Å². The van der Waals surface area contributed by atoms with Gasteiger partial charge in [-0.2, -0.15) is 0 Å². The van der Waals surface area contributed by atoms with Gasteiger partial charge >= 0.3 is 0 Å². The van der Waals surface area contributed by atoms with Crippen molar-refractivity contribution in [1.29, 1.82) is 0 Å². The van der Waals surface area contributed by atoms with E-state index in [0.29, 0.717) is 10.9 Å². The molecule has 0 heterocycles. The molecule has 0 spiro atoms. The molecule has 96 valence electrons. The average molecular weight is 254 g/mol. The number of carbonyl (C=O) groups is 1. The number of fused-ring (bicyclic) bond motifs is 2. The smallest absolute Gasteiger partial charge is 0.231 e. The Morgan fingerprint density at radius 2 is 2.18 bits per heavy atom. The normalized spacial score (nSPS) is 32.5. The predicted octanol–water partition coefficient (Wildman–Crippen LogP) is 1.80. The molecule has 4 heteroatoms. The van der Waals surface area contributed by atoms with Gasteiger partial charge in [-0.05, 0) is 43.9 Å². The van der Waals surface area contributed by atoms with Gasteiger partial charge in [0, 0.05) is 13.6 Å². The standard InChI is InChI=1S/C13H22N2OS/c1-8(12(14)17)13(16)15(2)7-11-6-9-3-4-10(11)5-9/h8-11H,3-7H2,1-2H3,(H2,14,17). The molecule has 4 unspecified atom stereocenters. The summed E-state index contributed by atoms with van der Waals surface area (Å²) in [6, 6.07) is 0. The molecular formula is C13H22N2OS. The van der Waals surface area contributed by atoms with Gasteiger partial charge in [0.05, 0.1) is 10.9 Å². The SMILES string of the molecule is CC(C(=O)N(C)CC1CC2CCC1C2)C(N)=S. The van der Waals surface area contributed by atoms with E-state index in [-0.39, 0.29) is 11.8 Å². The number of rotatable bonds is 4. The third-order valence-corrected chi connectivity index (χ3v) is 4.92. The summed E-state index contributed by atoms with van der Waals surface area (Å²) in [6.45, 7) is 2.68. The first-order valence-electron chi connectivity index (χ1n) is 6.53. The summed E-state index contributed by atoms with van der Waals surface area (Å²) >= 11 is 4.88. The van der Waals surface area contributed by atoms with Crippen LogP contribution in [0.3, 0.4) is 0 Å². The lowest BCUT2D eigenvalue weighted by atomic mass is 9.88. The van der Waals surface area contributed by atoms with E-state index in [9.17, 15) is 4.79 Å². The van der Waals surface area contributed by atoms with Gasteiger partial charge in [-0.15, -0.1) is 0 Å². The monoisotopic (exact) mass is 254 g/mol. The maximum atomic E-state index is 12.0. The summed E-state index contributed by atoms with van der Waals surface area (Å²) in [6.07, 6.45) is 5.46. The summed E-state index contributed by atoms with van der Waals surface area (Å²) in [7, 11) is 1.88. The van der Waals surface area contributed by atoms with Crippen molar-refractivity contribution in [1.82, 2.24) is 4.90 Å². The second-order valence-electron chi connectivity index (χ2n) is 5.78. The molecule has 2 bridgehead atoms. The highest BCUT2D eigenvalue weighted by molar-refractivity contribution is 7.80. The fourth-order valence-corrected chi connectivity index (χ4v) is 3.59. The third-order valence-electron chi connectivity index (χ3n) is 4.57. The Morgan fingerprint density at radius 1 is 1.47 bits per heavy atom. The topological polar surface area (TPSA) is 46.3 Å². The Kier molecular flexibility index (Phi) is 3.71. The van der Waals surface area contributed by atoms with Crippen LogP contribution in [-0.2, 0) is 4.79 Å². The maximum Gasteiger partial charge on any atom is 0.231 e. The van der Waals surface area contributed by atoms with E-state index < -0.39 is 0 Å². The van der Waals surface area contributed by atoms with Crippen LogP contribution in [0.5, 0.6) is 0 Å². The highest BCUT2D eigenvalue weighted by Gasteiger charge is 2.40. The molecular weight excluding hydrogens is 232 g/mol. The van der Waals surface area contributed by atoms with E-state index >= 15 is 0 Å². The van der Waals surface area contributed by atoms with Gasteiger partial charge in [0.25, 0.3) is 0 Å². The van der Waals surface area contributed by atoms with Crippen molar-refractivity contribution in [2.45, 2.75) is 32.6 Å². The van der Waals surface area contributed by atoms with Gasteiger partial charge < -0.3 is 10.6 Å². The molecule has 0 aliphatic heterocycles. The Morgan fingerprint density at radius 3 is 2.65 bits per heavy atom. The fraction of sp³-hybridized carbons (Fsp3) is 0.846. The molecule has 0 radical (unpaired) electrons. The van der Waals surface area contributed by atoms with Crippen molar-refractivity contribution < 1.29 is 4.79 Å². The number of nitrogens with zero attached hydrogens (tertiary/aromatic N) is 1. The Hall–Kier alpha value is -0.640. The quantitative estimate of drug-likeness (QED) is 0.778. The first-order chi connectivity index (χ1) is 7.99. The summed E-state index contributed by atoms with van der Waals surface area (Å²) in [4.78, 5) is 14.2. The van der Waals surface area contributed by atoms with Gasteiger partial charge in [-0.25, -0.2) is 0 Å². The van der Waals surface area contributed by atoms with E-state index in [1.54, 1.807) is 6.92 Å². The van der Waals surface area contributed by atoms with E-state index in [1.807, 2.05) is 11.9 Å². The van der Waals surface area contributed by atoms with E-state index in [2.05, 4.69) is 0 Å². The van der Waals surface area contributed by atoms with Crippen LogP contribution in [0.25, 0.3) is 0 Å². The largest absolute Gasteiger partial charge is 0.393 e. The molecule has 2 aliphatic carbocycles. The minimum Gasteiger partial charge on any atom is -0.393 e. The number of hydrogen-bond acceptors (Lipinski definition) is 2. The summed E-state index contributed by atoms with van der Waals surface area (Å²) < 4.78 is 0. The molecule has 4 atom stereocenters. The van der Waals surface area contributed by atoms with Gasteiger partial charge in [0.15, 0.2) is 0 Å². The predicted molar refractivity (Wildman–Crippen MR) is 72.5 cm³/mol. The highest BCUT2D eigenvalue weighted by atomic mass is 32.1. The van der Waals surface area contributed by atoms with Crippen molar-refractivity contribution in [3.05, 3.63) is 0 Å². The number of thiocarbonyl (C=S) groups is 1. The highest BCUT2D eigenvalue weighted by Crippen LogP contribution is 2.48. The van der Waals surface area contributed by atoms with E-state index in [0.717, 1.165) is 18.4 Å². The Balaban J connectivity index is 1.87. The zero-order valence-corrected chi connectivity index (χ0v) is 11.5. The van der Waals surface area contributed by atoms with Crippen molar-refractivity contribution in [3.8, 4) is 0 Å². The molecule has 17 heavy (non-hydrogen) atoms. The van der Waals surface area contributed by atoms with Crippen LogP contribution >= 0.6 is 12.2 Å². The molecule has 2 saturated carbocycles. The zero-order valence-electron chi connectivity index (χ0n) is 10.7. The minimum atomic E-state index is -0.325. The van der Waals surface area contributed by atoms with Gasteiger partial charge in [-0.1, -0.05) is 18.6 Å². The Bertz CT molecular complexity index is 331. The number of hydrogen-bond donors (Lipinski definition) is 1. The van der Waals surface area contributed by atoms with Crippen LogP contribution < -0.4 is 5.73 Å². The molecule has 0 aromatic rings. The van der Waals surface area contributed by atoms with Crippen LogP contribution in [0.15, 0.2) is 0 Å². The number of amides is 1. The zero-order chi connectivity index (χ0) is 12.6. The molecule has 2 rings (SSSR count). The minimum absolute atomic E-state index is 0.0697. The molecule has 2 fully saturated rings. The van der Waals surface area contributed by atoms with E-state index in [4.69, 9.17) is 18.0 Å². The molecule has 2 N–H and O–H groups in total. The van der Waals surface area contributed by atoms with Crippen LogP contribution in [0.4, 0.5) is 0 Å². The van der Waals surface area contributed by atoms with Crippen LogP contribution in [0.2, 0.25) is 0 Å². The van der Waals surface area contributed by atoms with Crippen LogP contribution in [-0.4, -0.2) is 29.4 Å². The van der Waals surface area contributed by atoms with Gasteiger partial charge in [-0.3, -0.25) is 4.79 Å². The summed E-state index contributed by atoms with van der Waals surface area (Å²) in [5.41, 5.74) is 5.53. The maximum absolute atomic E-state index is 12.0. The van der Waals surface area contributed by atoms with Crippen molar-refractivity contribution in [2.24, 2.45) is 29.4 Å². The Labute approximate surface area is 109 Å². The second-order valence-corrected chi connectivity index (χ2v) is 6.25. The number of nitrogens with two attached hydrogens (primary N) is 1. The lowest BCUT2D eigenvalue weighted by Crippen LogP contribution is -2.40. The van der Waals surface area contributed by atoms with Gasteiger partial charge in [0.1, 0.15) is 0 Å². The molecule has 0 aromatic heterocycles. The summed E-state index contributed by atoms with van der Waals surface area (Å²) in [5.74, 6) is 2.24. The van der Waals surface area contributed by atoms with Crippen molar-refractivity contribution >= 4 is 23.1 Å². The van der Waals surface area contributed by atoms with Crippen LogP contribution in [0.1, 0.15) is 32.6 Å².